The highest BCUT2D eigenvalue weighted by Crippen LogP contribution is 2.28. The minimum Gasteiger partial charge on any atom is -0.380 e. The van der Waals surface area contributed by atoms with Crippen LogP contribution in [0.2, 0.25) is 0 Å². The average molecular weight is 199 g/mol. The molecule has 84 valence electrons. The smallest absolute Gasteiger partial charge is 0.0591 e. The van der Waals surface area contributed by atoms with Crippen LogP contribution in [0.4, 0.5) is 0 Å². The Bertz CT molecular complexity index is 130. The van der Waals surface area contributed by atoms with Gasteiger partial charge in [-0.15, -0.1) is 0 Å². The molecular formula is C12H25NO. The lowest BCUT2D eigenvalue weighted by Crippen LogP contribution is -2.26. The second-order valence-electron chi connectivity index (χ2n) is 4.40. The second kappa shape index (κ2) is 7.24. The van der Waals surface area contributed by atoms with Crippen LogP contribution in [0.5, 0.6) is 0 Å². The number of nitrogens with one attached hydrogen (secondary N) is 1. The van der Waals surface area contributed by atoms with Crippen LogP contribution in [-0.4, -0.2) is 26.3 Å². The first-order valence-corrected chi connectivity index (χ1v) is 6.15. The molecule has 0 amide bonds. The monoisotopic (exact) mass is 199 g/mol. The lowest BCUT2D eigenvalue weighted by Gasteiger charge is -2.13. The van der Waals surface area contributed by atoms with Gasteiger partial charge in [-0.05, 0) is 31.2 Å². The van der Waals surface area contributed by atoms with Crippen molar-refractivity contribution in [3.8, 4) is 0 Å². The molecule has 0 bridgehead atoms. The predicted molar refractivity (Wildman–Crippen MR) is 60.5 cm³/mol. The van der Waals surface area contributed by atoms with Gasteiger partial charge in [-0.25, -0.2) is 0 Å². The Kier molecular flexibility index (Phi) is 6.20. The van der Waals surface area contributed by atoms with Crippen molar-refractivity contribution < 1.29 is 4.74 Å². The van der Waals surface area contributed by atoms with E-state index >= 15 is 0 Å². The van der Waals surface area contributed by atoms with E-state index in [9.17, 15) is 0 Å². The van der Waals surface area contributed by atoms with E-state index < -0.39 is 0 Å². The summed E-state index contributed by atoms with van der Waals surface area (Å²) in [4.78, 5) is 0. The lowest BCUT2D eigenvalue weighted by molar-refractivity contribution is 0.125. The van der Waals surface area contributed by atoms with E-state index in [0.29, 0.717) is 0 Å². The van der Waals surface area contributed by atoms with Gasteiger partial charge < -0.3 is 10.1 Å². The zero-order valence-electron chi connectivity index (χ0n) is 9.72. The van der Waals surface area contributed by atoms with Crippen molar-refractivity contribution in [1.29, 1.82) is 0 Å². The molecule has 1 rings (SSSR count). The predicted octanol–water partition coefficient (Wildman–Crippen LogP) is 2.44. The summed E-state index contributed by atoms with van der Waals surface area (Å²) < 4.78 is 5.54. The number of hydrogen-bond acceptors (Lipinski definition) is 2. The maximum Gasteiger partial charge on any atom is 0.0591 e. The van der Waals surface area contributed by atoms with Crippen molar-refractivity contribution in [2.45, 2.75) is 39.5 Å². The van der Waals surface area contributed by atoms with Crippen LogP contribution < -0.4 is 5.32 Å². The summed E-state index contributed by atoms with van der Waals surface area (Å²) in [5.41, 5.74) is 0. The second-order valence-corrected chi connectivity index (χ2v) is 4.40. The SMILES string of the molecule is CCC(CC)CNCCOCC1CC1. The summed E-state index contributed by atoms with van der Waals surface area (Å²) in [7, 11) is 0. The van der Waals surface area contributed by atoms with Gasteiger partial charge in [0.2, 0.25) is 0 Å². The van der Waals surface area contributed by atoms with Crippen molar-refractivity contribution in [1.82, 2.24) is 5.32 Å². The fraction of sp³-hybridized carbons (Fsp3) is 1.00. The Balaban J connectivity index is 1.78. The number of hydrogen-bond donors (Lipinski definition) is 1. The fourth-order valence-electron chi connectivity index (χ4n) is 1.56. The minimum absolute atomic E-state index is 0.846. The van der Waals surface area contributed by atoms with Crippen LogP contribution in [0.15, 0.2) is 0 Å². The lowest BCUT2D eigenvalue weighted by atomic mass is 10.0. The first-order valence-electron chi connectivity index (χ1n) is 6.15. The van der Waals surface area contributed by atoms with Crippen LogP contribution in [-0.2, 0) is 4.74 Å². The van der Waals surface area contributed by atoms with Crippen LogP contribution >= 0.6 is 0 Å². The molecule has 2 nitrogen and oxygen atoms in total. The summed E-state index contributed by atoms with van der Waals surface area (Å²) in [6.07, 6.45) is 5.35. The fourth-order valence-corrected chi connectivity index (χ4v) is 1.56. The molecule has 1 aliphatic carbocycles. The van der Waals surface area contributed by atoms with Gasteiger partial charge in [-0.2, -0.15) is 0 Å². The number of ether oxygens (including phenoxy) is 1. The van der Waals surface area contributed by atoms with E-state index in [-0.39, 0.29) is 0 Å². The van der Waals surface area contributed by atoms with Gasteiger partial charge >= 0.3 is 0 Å². The normalized spacial score (nSPS) is 16.5. The molecule has 1 aliphatic rings. The third kappa shape index (κ3) is 5.61. The first kappa shape index (κ1) is 12.0. The summed E-state index contributed by atoms with van der Waals surface area (Å²) in [6.45, 7) is 8.57. The minimum atomic E-state index is 0.846. The van der Waals surface area contributed by atoms with E-state index in [1.165, 1.54) is 25.7 Å². The standard InChI is InChI=1S/C12H25NO/c1-3-11(4-2)9-13-7-8-14-10-12-5-6-12/h11-13H,3-10H2,1-2H3. The number of rotatable bonds is 9. The van der Waals surface area contributed by atoms with Crippen LogP contribution in [0.1, 0.15) is 39.5 Å². The Morgan fingerprint density at radius 2 is 2.00 bits per heavy atom. The van der Waals surface area contributed by atoms with E-state index in [0.717, 1.165) is 38.1 Å². The van der Waals surface area contributed by atoms with E-state index in [1.54, 1.807) is 0 Å². The molecule has 0 aromatic carbocycles. The average Bonchev–Trinajstić information content (AvgIpc) is 3.01. The Morgan fingerprint density at radius 3 is 2.57 bits per heavy atom. The topological polar surface area (TPSA) is 21.3 Å². The van der Waals surface area contributed by atoms with Gasteiger partial charge in [-0.3, -0.25) is 0 Å². The van der Waals surface area contributed by atoms with Crippen LogP contribution in [0.25, 0.3) is 0 Å². The van der Waals surface area contributed by atoms with E-state index in [4.69, 9.17) is 4.74 Å². The van der Waals surface area contributed by atoms with Gasteiger partial charge in [0.1, 0.15) is 0 Å². The van der Waals surface area contributed by atoms with Crippen molar-refractivity contribution in [2.75, 3.05) is 26.3 Å². The van der Waals surface area contributed by atoms with Crippen LogP contribution in [0.3, 0.4) is 0 Å². The Hall–Kier alpha value is -0.0800. The first-order chi connectivity index (χ1) is 6.86. The molecule has 0 atom stereocenters. The third-order valence-corrected chi connectivity index (χ3v) is 3.06. The molecule has 0 aliphatic heterocycles. The third-order valence-electron chi connectivity index (χ3n) is 3.06. The summed E-state index contributed by atoms with van der Waals surface area (Å²) in [5, 5.41) is 3.46. The largest absolute Gasteiger partial charge is 0.380 e. The van der Waals surface area contributed by atoms with Gasteiger partial charge in [-0.1, -0.05) is 26.7 Å². The summed E-state index contributed by atoms with van der Waals surface area (Å²) in [5.74, 6) is 1.74. The molecule has 1 saturated carbocycles. The quantitative estimate of drug-likeness (QED) is 0.576. The summed E-state index contributed by atoms with van der Waals surface area (Å²) in [6, 6.07) is 0. The van der Waals surface area contributed by atoms with E-state index in [1.807, 2.05) is 0 Å². The molecule has 14 heavy (non-hydrogen) atoms. The molecule has 0 unspecified atom stereocenters. The molecule has 0 aromatic rings. The van der Waals surface area contributed by atoms with Crippen LogP contribution in [0, 0.1) is 11.8 Å². The molecule has 0 saturated heterocycles. The highest BCUT2D eigenvalue weighted by Gasteiger charge is 2.20. The maximum absolute atomic E-state index is 5.54. The molecule has 1 fully saturated rings. The molecule has 2 heteroatoms. The Labute approximate surface area is 88.4 Å². The molecule has 0 spiro atoms. The highest BCUT2D eigenvalue weighted by atomic mass is 16.5. The van der Waals surface area contributed by atoms with Crippen molar-refractivity contribution in [3.05, 3.63) is 0 Å². The zero-order chi connectivity index (χ0) is 10.2. The molecule has 0 aromatic heterocycles. The van der Waals surface area contributed by atoms with Crippen molar-refractivity contribution >= 4 is 0 Å². The summed E-state index contributed by atoms with van der Waals surface area (Å²) >= 11 is 0. The van der Waals surface area contributed by atoms with Gasteiger partial charge in [0.15, 0.2) is 0 Å². The molecule has 0 heterocycles. The molecular weight excluding hydrogens is 174 g/mol. The molecule has 0 radical (unpaired) electrons. The van der Waals surface area contributed by atoms with Crippen molar-refractivity contribution in [3.63, 3.8) is 0 Å². The molecule has 1 N–H and O–H groups in total. The maximum atomic E-state index is 5.54. The zero-order valence-corrected chi connectivity index (χ0v) is 9.72. The van der Waals surface area contributed by atoms with E-state index in [2.05, 4.69) is 19.2 Å². The van der Waals surface area contributed by atoms with Crippen molar-refractivity contribution in [2.24, 2.45) is 11.8 Å². The van der Waals surface area contributed by atoms with Gasteiger partial charge in [0, 0.05) is 13.2 Å². The highest BCUT2D eigenvalue weighted by molar-refractivity contribution is 4.71. The van der Waals surface area contributed by atoms with Gasteiger partial charge in [0.05, 0.1) is 6.61 Å². The van der Waals surface area contributed by atoms with Gasteiger partial charge in [0.25, 0.3) is 0 Å². The Morgan fingerprint density at radius 1 is 1.29 bits per heavy atom.